The lowest BCUT2D eigenvalue weighted by atomic mass is 9.92. The summed E-state index contributed by atoms with van der Waals surface area (Å²) in [5, 5.41) is 28.2. The molecule has 0 spiro atoms. The second-order valence-electron chi connectivity index (χ2n) is 10.7. The highest BCUT2D eigenvalue weighted by atomic mass is 32.2. The van der Waals surface area contributed by atoms with E-state index in [9.17, 15) is 23.1 Å². The molecule has 1 saturated carbocycles. The number of carboxylic acid groups (broad SMARTS) is 1. The Hall–Kier alpha value is -3.59. The Morgan fingerprint density at radius 3 is 2.47 bits per heavy atom. The van der Waals surface area contributed by atoms with Gasteiger partial charge in [-0.3, -0.25) is 14.4 Å². The van der Waals surface area contributed by atoms with Crippen LogP contribution in [0.2, 0.25) is 0 Å². The van der Waals surface area contributed by atoms with Crippen molar-refractivity contribution in [3.05, 3.63) is 42.5 Å². The van der Waals surface area contributed by atoms with E-state index < -0.39 is 39.9 Å². The van der Waals surface area contributed by atoms with Gasteiger partial charge in [-0.2, -0.15) is 9.82 Å². The van der Waals surface area contributed by atoms with Gasteiger partial charge in [0.15, 0.2) is 0 Å². The third-order valence-corrected chi connectivity index (χ3v) is 8.73. The second kappa shape index (κ2) is 16.3. The first kappa shape index (κ1) is 33.9. The maximum Gasteiger partial charge on any atom is 0.300 e. The number of piperidine rings is 1. The van der Waals surface area contributed by atoms with E-state index in [4.69, 9.17) is 15.7 Å². The number of nitrogens with one attached hydrogen (secondary N) is 3. The number of rotatable bonds is 13. The van der Waals surface area contributed by atoms with E-state index in [1.165, 1.54) is 12.3 Å². The molecule has 4 rings (SSSR count). The number of benzene rings is 2. The molecule has 236 valence electrons. The number of nitrogens with zero attached hydrogens (tertiary/aromatic N) is 2. The van der Waals surface area contributed by atoms with Crippen LogP contribution in [-0.2, 0) is 24.4 Å². The van der Waals surface area contributed by atoms with Crippen molar-refractivity contribution in [2.75, 3.05) is 26.2 Å². The van der Waals surface area contributed by atoms with Crippen LogP contribution in [0.3, 0.4) is 0 Å². The van der Waals surface area contributed by atoms with Gasteiger partial charge in [-0.05, 0) is 67.5 Å². The lowest BCUT2D eigenvalue weighted by Crippen LogP contribution is -2.53. The van der Waals surface area contributed by atoms with Crippen LogP contribution in [0.4, 0.5) is 0 Å². The summed E-state index contributed by atoms with van der Waals surface area (Å²) in [5.41, 5.74) is 0. The molecule has 7 N–H and O–H groups in total. The van der Waals surface area contributed by atoms with Crippen molar-refractivity contribution in [2.45, 2.75) is 68.5 Å². The number of fused-ring (bicyclic) bond motifs is 1. The number of hydrogen-bond donors (Lipinski definition) is 6. The fourth-order valence-electron chi connectivity index (χ4n) is 5.05. The largest absolute Gasteiger partial charge is 0.481 e. The standard InChI is InChI=1S/C27H38N6O5S.C2H4O2/c28-30-18-25(21-7-3-12-29-17-21)31-26(35)16-24(27(36)33(13-4-14-34)22-9-10-22)32-39(37,38)23-11-8-19-5-1-2-6-20(19)15-23;1-2(3)4/h1-2,5-6,8,11,15,18,21-22,24-25,29,32,34H,3-4,7,9-10,12-14,16-17,28H2,(H,31,35);1H3,(H,3,4)/t21?,24-,25+;/m0./s1. The Morgan fingerprint density at radius 1 is 1.16 bits per heavy atom. The molecule has 1 heterocycles. The molecular formula is C29H42N6O7S. The van der Waals surface area contributed by atoms with Gasteiger partial charge in [-0.15, -0.1) is 0 Å². The van der Waals surface area contributed by atoms with Crippen LogP contribution in [0.1, 0.15) is 45.4 Å². The van der Waals surface area contributed by atoms with Gasteiger partial charge < -0.3 is 31.6 Å². The second-order valence-corrected chi connectivity index (χ2v) is 12.5. The van der Waals surface area contributed by atoms with Crippen molar-refractivity contribution in [3.8, 4) is 0 Å². The molecule has 2 aromatic rings. The van der Waals surface area contributed by atoms with Crippen molar-refractivity contribution in [3.63, 3.8) is 0 Å². The van der Waals surface area contributed by atoms with E-state index in [2.05, 4.69) is 20.5 Å². The lowest BCUT2D eigenvalue weighted by molar-refractivity contribution is -0.136. The summed E-state index contributed by atoms with van der Waals surface area (Å²) in [7, 11) is -4.14. The Bertz CT molecular complexity index is 1370. The molecule has 2 aromatic carbocycles. The van der Waals surface area contributed by atoms with E-state index in [-0.39, 0.29) is 36.4 Å². The topological polar surface area (TPSA) is 204 Å². The van der Waals surface area contributed by atoms with Gasteiger partial charge in [-0.25, -0.2) is 8.42 Å². The van der Waals surface area contributed by atoms with Gasteiger partial charge in [0.1, 0.15) is 6.04 Å². The molecule has 1 saturated heterocycles. The quantitative estimate of drug-likeness (QED) is 0.106. The highest BCUT2D eigenvalue weighted by Crippen LogP contribution is 2.28. The molecule has 3 atom stereocenters. The minimum absolute atomic E-state index is 0.00848. The molecule has 0 bridgehead atoms. The number of carbonyl (C=O) groups is 3. The average Bonchev–Trinajstić information content (AvgIpc) is 3.82. The van der Waals surface area contributed by atoms with Gasteiger partial charge in [0.05, 0.1) is 17.4 Å². The van der Waals surface area contributed by atoms with E-state index in [0.29, 0.717) is 13.0 Å². The number of aliphatic hydroxyl groups is 1. The van der Waals surface area contributed by atoms with Crippen LogP contribution in [0, 0.1) is 5.92 Å². The first-order chi connectivity index (χ1) is 20.6. The summed E-state index contributed by atoms with van der Waals surface area (Å²) in [6.45, 7) is 2.85. The number of aliphatic carboxylic acids is 1. The summed E-state index contributed by atoms with van der Waals surface area (Å²) in [6, 6.07) is 10.3. The van der Waals surface area contributed by atoms with E-state index in [1.807, 2.05) is 24.3 Å². The van der Waals surface area contributed by atoms with Gasteiger partial charge in [0, 0.05) is 38.9 Å². The molecule has 14 heteroatoms. The number of carbonyl (C=O) groups excluding carboxylic acids is 2. The summed E-state index contributed by atoms with van der Waals surface area (Å²) in [4.78, 5) is 37.5. The molecule has 2 amide bonds. The molecular weight excluding hydrogens is 576 g/mol. The number of sulfonamides is 1. The fraction of sp³-hybridized carbons (Fsp3) is 0.517. The van der Waals surface area contributed by atoms with Crippen LogP contribution >= 0.6 is 0 Å². The number of carboxylic acids is 1. The molecule has 0 aromatic heterocycles. The lowest BCUT2D eigenvalue weighted by Gasteiger charge is -2.30. The molecule has 13 nitrogen and oxygen atoms in total. The van der Waals surface area contributed by atoms with Crippen molar-refractivity contribution < 1.29 is 33.0 Å². The summed E-state index contributed by atoms with van der Waals surface area (Å²) in [5.74, 6) is 3.68. The highest BCUT2D eigenvalue weighted by molar-refractivity contribution is 7.89. The van der Waals surface area contributed by atoms with E-state index in [1.54, 1.807) is 17.0 Å². The van der Waals surface area contributed by atoms with Crippen LogP contribution in [0.5, 0.6) is 0 Å². The number of hydrogen-bond acceptors (Lipinski definition) is 9. The van der Waals surface area contributed by atoms with Crippen molar-refractivity contribution >= 4 is 44.8 Å². The minimum Gasteiger partial charge on any atom is -0.481 e. The van der Waals surface area contributed by atoms with Crippen molar-refractivity contribution in [1.82, 2.24) is 20.3 Å². The molecule has 2 fully saturated rings. The Kier molecular flexibility index (Phi) is 12.9. The van der Waals surface area contributed by atoms with Crippen LogP contribution in [-0.4, -0.2) is 91.9 Å². The Balaban J connectivity index is 0.00000119. The van der Waals surface area contributed by atoms with Gasteiger partial charge in [0.25, 0.3) is 5.97 Å². The minimum atomic E-state index is -4.14. The molecule has 1 unspecified atom stereocenters. The smallest absolute Gasteiger partial charge is 0.300 e. The predicted molar refractivity (Wildman–Crippen MR) is 163 cm³/mol. The molecule has 0 radical (unpaired) electrons. The first-order valence-corrected chi connectivity index (χ1v) is 15.9. The Labute approximate surface area is 251 Å². The number of hydrazone groups is 1. The third-order valence-electron chi connectivity index (χ3n) is 7.26. The number of nitrogens with two attached hydrogens (primary N) is 1. The third kappa shape index (κ3) is 10.6. The van der Waals surface area contributed by atoms with Gasteiger partial charge in [0.2, 0.25) is 21.8 Å². The van der Waals surface area contributed by atoms with Crippen molar-refractivity contribution in [1.29, 1.82) is 0 Å². The zero-order valence-electron chi connectivity index (χ0n) is 24.3. The fourth-order valence-corrected chi connectivity index (χ4v) is 6.28. The van der Waals surface area contributed by atoms with E-state index in [0.717, 1.165) is 49.9 Å². The van der Waals surface area contributed by atoms with Crippen LogP contribution in [0.25, 0.3) is 10.8 Å². The molecule has 1 aliphatic heterocycles. The summed E-state index contributed by atoms with van der Waals surface area (Å²) >= 11 is 0. The normalized spacial score (nSPS) is 18.3. The summed E-state index contributed by atoms with van der Waals surface area (Å²) < 4.78 is 29.5. The average molecular weight is 619 g/mol. The predicted octanol–water partition coefficient (Wildman–Crippen LogP) is 0.770. The van der Waals surface area contributed by atoms with Crippen LogP contribution in [0.15, 0.2) is 52.5 Å². The van der Waals surface area contributed by atoms with Gasteiger partial charge >= 0.3 is 0 Å². The van der Waals surface area contributed by atoms with Crippen LogP contribution < -0.4 is 21.2 Å². The zero-order chi connectivity index (χ0) is 31.4. The first-order valence-electron chi connectivity index (χ1n) is 14.4. The zero-order valence-corrected chi connectivity index (χ0v) is 25.1. The molecule has 43 heavy (non-hydrogen) atoms. The Morgan fingerprint density at radius 2 is 1.86 bits per heavy atom. The summed E-state index contributed by atoms with van der Waals surface area (Å²) in [6.07, 6.45) is 4.88. The highest BCUT2D eigenvalue weighted by Gasteiger charge is 2.38. The number of amides is 2. The maximum absolute atomic E-state index is 13.7. The molecule has 2 aliphatic rings. The number of aliphatic hydroxyl groups excluding tert-OH is 1. The van der Waals surface area contributed by atoms with Crippen molar-refractivity contribution in [2.24, 2.45) is 16.9 Å². The molecule has 1 aliphatic carbocycles. The van der Waals surface area contributed by atoms with E-state index >= 15 is 0 Å². The monoisotopic (exact) mass is 618 g/mol. The van der Waals surface area contributed by atoms with Gasteiger partial charge in [-0.1, -0.05) is 30.3 Å². The SMILES string of the molecule is CC(=O)O.NN=C[C@@H](NC(=O)C[C@H](NS(=O)(=O)c1ccc2ccccc2c1)C(=O)N(CCCO)C1CC1)C1CCCNC1. The maximum atomic E-state index is 13.7.